The van der Waals surface area contributed by atoms with E-state index in [4.69, 9.17) is 0 Å². The third kappa shape index (κ3) is 7.94. The van der Waals surface area contributed by atoms with Crippen molar-refractivity contribution in [2.45, 2.75) is 59.2 Å². The van der Waals surface area contributed by atoms with Crippen LogP contribution in [0.4, 0.5) is 0 Å². The van der Waals surface area contributed by atoms with Crippen LogP contribution in [0.3, 0.4) is 0 Å². The summed E-state index contributed by atoms with van der Waals surface area (Å²) in [7, 11) is 1.82. The maximum atomic E-state index is 4.28. The normalized spacial score (nSPS) is 17.7. The van der Waals surface area contributed by atoms with Crippen LogP contribution in [0.1, 0.15) is 51.2 Å². The number of hydrogen-bond acceptors (Lipinski definition) is 2. The van der Waals surface area contributed by atoms with E-state index in [0.717, 1.165) is 31.4 Å². The molecule has 0 amide bonds. The van der Waals surface area contributed by atoms with Gasteiger partial charge >= 0.3 is 0 Å². The Labute approximate surface area is 170 Å². The van der Waals surface area contributed by atoms with Gasteiger partial charge in [0, 0.05) is 26.2 Å². The Balaban J connectivity index is 0.00000312. The van der Waals surface area contributed by atoms with E-state index in [1.807, 2.05) is 7.05 Å². The number of nitrogens with one attached hydrogen (secondary N) is 2. The van der Waals surface area contributed by atoms with Gasteiger partial charge in [0.25, 0.3) is 0 Å². The minimum Gasteiger partial charge on any atom is -0.354 e. The molecule has 1 aliphatic heterocycles. The molecule has 5 heteroatoms. The first-order valence-corrected chi connectivity index (χ1v) is 9.38. The summed E-state index contributed by atoms with van der Waals surface area (Å²) in [6.45, 7) is 11.1. The summed E-state index contributed by atoms with van der Waals surface area (Å²) < 4.78 is 0. The average Bonchev–Trinajstić information content (AvgIpc) is 2.61. The van der Waals surface area contributed by atoms with Crippen LogP contribution in [0.25, 0.3) is 0 Å². The predicted molar refractivity (Wildman–Crippen MR) is 119 cm³/mol. The second kappa shape index (κ2) is 11.7. The number of aliphatic imine (C=N–C) groups is 1. The van der Waals surface area contributed by atoms with E-state index in [2.05, 4.69) is 65.6 Å². The molecule has 0 spiro atoms. The lowest BCUT2D eigenvalue weighted by molar-refractivity contribution is 0.185. The SMILES string of the molecule is CCC(C)NC(=NC)NCc1ccc(CN2CCC(C)CC2)cc1.I. The number of guanidine groups is 1. The van der Waals surface area contributed by atoms with Crippen LogP contribution >= 0.6 is 24.0 Å². The van der Waals surface area contributed by atoms with Crippen molar-refractivity contribution in [2.75, 3.05) is 20.1 Å². The molecule has 2 rings (SSSR count). The fourth-order valence-electron chi connectivity index (χ4n) is 2.96. The van der Waals surface area contributed by atoms with Gasteiger partial charge in [-0.2, -0.15) is 0 Å². The molecule has 0 saturated carbocycles. The average molecular weight is 458 g/mol. The molecule has 142 valence electrons. The van der Waals surface area contributed by atoms with Crippen LogP contribution in [0.5, 0.6) is 0 Å². The molecule has 1 aliphatic rings. The van der Waals surface area contributed by atoms with E-state index in [9.17, 15) is 0 Å². The number of halogens is 1. The number of rotatable bonds is 6. The van der Waals surface area contributed by atoms with Crippen molar-refractivity contribution >= 4 is 29.9 Å². The lowest BCUT2D eigenvalue weighted by atomic mass is 9.99. The maximum Gasteiger partial charge on any atom is 0.191 e. The molecule has 1 heterocycles. The highest BCUT2D eigenvalue weighted by molar-refractivity contribution is 14.0. The minimum absolute atomic E-state index is 0. The van der Waals surface area contributed by atoms with E-state index in [1.165, 1.54) is 37.1 Å². The molecular formula is C20H35IN4. The second-order valence-corrected chi connectivity index (χ2v) is 7.15. The molecule has 1 fully saturated rings. The molecule has 2 N–H and O–H groups in total. The van der Waals surface area contributed by atoms with Gasteiger partial charge < -0.3 is 10.6 Å². The maximum absolute atomic E-state index is 4.28. The molecule has 4 nitrogen and oxygen atoms in total. The van der Waals surface area contributed by atoms with Crippen LogP contribution in [0, 0.1) is 5.92 Å². The fourth-order valence-corrected chi connectivity index (χ4v) is 2.96. The highest BCUT2D eigenvalue weighted by Crippen LogP contribution is 2.18. The van der Waals surface area contributed by atoms with Crippen molar-refractivity contribution in [1.82, 2.24) is 15.5 Å². The van der Waals surface area contributed by atoms with Crippen molar-refractivity contribution in [3.63, 3.8) is 0 Å². The number of benzene rings is 1. The van der Waals surface area contributed by atoms with Crippen molar-refractivity contribution in [3.05, 3.63) is 35.4 Å². The number of hydrogen-bond donors (Lipinski definition) is 2. The number of piperidine rings is 1. The van der Waals surface area contributed by atoms with Crippen molar-refractivity contribution in [1.29, 1.82) is 0 Å². The summed E-state index contributed by atoms with van der Waals surface area (Å²) in [5.74, 6) is 1.77. The lowest BCUT2D eigenvalue weighted by Crippen LogP contribution is -2.41. The molecule has 1 saturated heterocycles. The smallest absolute Gasteiger partial charge is 0.191 e. The zero-order valence-electron chi connectivity index (χ0n) is 16.2. The summed E-state index contributed by atoms with van der Waals surface area (Å²) in [5.41, 5.74) is 2.70. The third-order valence-corrected chi connectivity index (χ3v) is 4.98. The molecule has 0 aliphatic carbocycles. The van der Waals surface area contributed by atoms with E-state index in [1.54, 1.807) is 0 Å². The van der Waals surface area contributed by atoms with Gasteiger partial charge in [0.1, 0.15) is 0 Å². The Morgan fingerprint density at radius 1 is 1.20 bits per heavy atom. The van der Waals surface area contributed by atoms with Crippen molar-refractivity contribution in [2.24, 2.45) is 10.9 Å². The second-order valence-electron chi connectivity index (χ2n) is 7.15. The molecule has 0 radical (unpaired) electrons. The van der Waals surface area contributed by atoms with Gasteiger partial charge in [-0.15, -0.1) is 24.0 Å². The first-order valence-electron chi connectivity index (χ1n) is 9.38. The zero-order chi connectivity index (χ0) is 17.4. The van der Waals surface area contributed by atoms with Crippen LogP contribution in [-0.4, -0.2) is 37.0 Å². The zero-order valence-corrected chi connectivity index (χ0v) is 18.5. The quantitative estimate of drug-likeness (QED) is 0.385. The Bertz CT molecular complexity index is 507. The lowest BCUT2D eigenvalue weighted by Gasteiger charge is -2.30. The summed E-state index contributed by atoms with van der Waals surface area (Å²) in [5, 5.41) is 6.77. The van der Waals surface area contributed by atoms with Gasteiger partial charge in [0.2, 0.25) is 0 Å². The topological polar surface area (TPSA) is 39.7 Å². The minimum atomic E-state index is 0. The van der Waals surface area contributed by atoms with E-state index >= 15 is 0 Å². The first-order chi connectivity index (χ1) is 11.6. The first kappa shape index (κ1) is 22.2. The molecule has 1 aromatic rings. The molecule has 0 bridgehead atoms. The van der Waals surface area contributed by atoms with E-state index < -0.39 is 0 Å². The highest BCUT2D eigenvalue weighted by Gasteiger charge is 2.15. The molecule has 1 atom stereocenters. The van der Waals surface area contributed by atoms with Gasteiger partial charge in [0.15, 0.2) is 5.96 Å². The summed E-state index contributed by atoms with van der Waals surface area (Å²) in [6, 6.07) is 9.42. The Morgan fingerprint density at radius 2 is 1.80 bits per heavy atom. The highest BCUT2D eigenvalue weighted by atomic mass is 127. The molecule has 1 unspecified atom stereocenters. The van der Waals surface area contributed by atoms with E-state index in [0.29, 0.717) is 6.04 Å². The monoisotopic (exact) mass is 458 g/mol. The van der Waals surface area contributed by atoms with Crippen LogP contribution in [0.15, 0.2) is 29.3 Å². The van der Waals surface area contributed by atoms with Crippen molar-refractivity contribution in [3.8, 4) is 0 Å². The Kier molecular flexibility index (Phi) is 10.4. The van der Waals surface area contributed by atoms with Gasteiger partial charge in [0.05, 0.1) is 0 Å². The van der Waals surface area contributed by atoms with Crippen LogP contribution in [-0.2, 0) is 13.1 Å². The van der Waals surface area contributed by atoms with Crippen molar-refractivity contribution < 1.29 is 0 Å². The molecule has 25 heavy (non-hydrogen) atoms. The number of likely N-dealkylation sites (tertiary alicyclic amines) is 1. The van der Waals surface area contributed by atoms with Gasteiger partial charge in [-0.1, -0.05) is 38.1 Å². The van der Waals surface area contributed by atoms with Gasteiger partial charge in [-0.3, -0.25) is 9.89 Å². The fraction of sp³-hybridized carbons (Fsp3) is 0.650. The third-order valence-electron chi connectivity index (χ3n) is 4.98. The standard InChI is InChI=1S/C20H34N4.HI/c1-5-17(3)23-20(21-4)22-14-18-6-8-19(9-7-18)15-24-12-10-16(2)11-13-24;/h6-9,16-17H,5,10-15H2,1-4H3,(H2,21,22,23);1H. The van der Waals surface area contributed by atoms with E-state index in [-0.39, 0.29) is 24.0 Å². The summed E-state index contributed by atoms with van der Waals surface area (Å²) >= 11 is 0. The molecular weight excluding hydrogens is 423 g/mol. The molecule has 0 aromatic heterocycles. The summed E-state index contributed by atoms with van der Waals surface area (Å²) in [6.07, 6.45) is 3.76. The van der Waals surface area contributed by atoms with Gasteiger partial charge in [-0.05, 0) is 56.3 Å². The molecule has 1 aromatic carbocycles. The Hall–Kier alpha value is -0.820. The van der Waals surface area contributed by atoms with Crippen LogP contribution < -0.4 is 10.6 Å². The summed E-state index contributed by atoms with van der Waals surface area (Å²) in [4.78, 5) is 6.85. The number of nitrogens with zero attached hydrogens (tertiary/aromatic N) is 2. The van der Waals surface area contributed by atoms with Gasteiger partial charge in [-0.25, -0.2) is 0 Å². The predicted octanol–water partition coefficient (Wildman–Crippen LogP) is 4.00. The largest absolute Gasteiger partial charge is 0.354 e. The Morgan fingerprint density at radius 3 is 2.36 bits per heavy atom. The van der Waals surface area contributed by atoms with Crippen LogP contribution in [0.2, 0.25) is 0 Å².